The van der Waals surface area contributed by atoms with E-state index in [-0.39, 0.29) is 17.3 Å². The van der Waals surface area contributed by atoms with E-state index in [2.05, 4.69) is 10.6 Å². The zero-order chi connectivity index (χ0) is 22.6. The third kappa shape index (κ3) is 5.23. The van der Waals surface area contributed by atoms with E-state index in [1.165, 1.54) is 10.4 Å². The molecule has 3 rings (SSSR count). The lowest BCUT2D eigenvalue weighted by Gasteiger charge is -2.20. The third-order valence-corrected chi connectivity index (χ3v) is 7.26. The number of carbonyl (C=O) groups excluding carboxylic acids is 1. The number of sulfonamides is 1. The van der Waals surface area contributed by atoms with Crippen LogP contribution in [0.3, 0.4) is 0 Å². The first-order chi connectivity index (χ1) is 14.8. The van der Waals surface area contributed by atoms with Gasteiger partial charge in [-0.2, -0.15) is 4.31 Å². The Morgan fingerprint density at radius 1 is 1.06 bits per heavy atom. The summed E-state index contributed by atoms with van der Waals surface area (Å²) in [4.78, 5) is 12.7. The number of anilines is 2. The summed E-state index contributed by atoms with van der Waals surface area (Å²) < 4.78 is 37.9. The van der Waals surface area contributed by atoms with Gasteiger partial charge in [-0.05, 0) is 24.6 Å². The zero-order valence-electron chi connectivity index (χ0n) is 17.7. The van der Waals surface area contributed by atoms with E-state index in [4.69, 9.17) is 21.1 Å². The molecule has 0 spiro atoms. The summed E-state index contributed by atoms with van der Waals surface area (Å²) in [5, 5.41) is 6.15. The van der Waals surface area contributed by atoms with Gasteiger partial charge >= 0.3 is 0 Å². The molecule has 0 bridgehead atoms. The van der Waals surface area contributed by atoms with Gasteiger partial charge in [-0.1, -0.05) is 31.5 Å². The second-order valence-corrected chi connectivity index (χ2v) is 9.29. The van der Waals surface area contributed by atoms with Crippen LogP contribution in [0.4, 0.5) is 11.4 Å². The van der Waals surface area contributed by atoms with Gasteiger partial charge in [0.05, 0.1) is 22.2 Å². The number of amides is 1. The van der Waals surface area contributed by atoms with E-state index in [0.29, 0.717) is 54.2 Å². The molecule has 1 heterocycles. The van der Waals surface area contributed by atoms with Crippen molar-refractivity contribution in [2.45, 2.75) is 25.7 Å². The molecule has 168 valence electrons. The number of nitrogens with zero attached hydrogens (tertiary/aromatic N) is 1. The Morgan fingerprint density at radius 3 is 2.35 bits per heavy atom. The Balaban J connectivity index is 1.71. The zero-order valence-corrected chi connectivity index (χ0v) is 19.3. The first-order valence-electron chi connectivity index (χ1n) is 10.00. The molecular weight excluding hydrogens is 442 g/mol. The number of carbonyl (C=O) groups is 1. The number of ether oxygens (including phenoxy) is 2. The summed E-state index contributed by atoms with van der Waals surface area (Å²) >= 11 is 6.26. The van der Waals surface area contributed by atoms with Crippen molar-refractivity contribution in [1.29, 1.82) is 0 Å². The fraction of sp³-hybridized carbons (Fsp3) is 0.381. The van der Waals surface area contributed by atoms with Gasteiger partial charge in [0, 0.05) is 30.9 Å². The van der Waals surface area contributed by atoms with Gasteiger partial charge in [0.2, 0.25) is 15.9 Å². The fourth-order valence-electron chi connectivity index (χ4n) is 3.18. The van der Waals surface area contributed by atoms with Crippen molar-refractivity contribution in [2.75, 3.05) is 43.5 Å². The van der Waals surface area contributed by atoms with Gasteiger partial charge in [-0.25, -0.2) is 8.42 Å². The SMILES string of the molecule is CCN(CC)S(=O)(=O)c1ccc(C)c(NC(=O)CNc2cc3c(cc2Cl)OCCO3)c1. The standard InChI is InChI=1S/C21H26ClN3O5S/c1-4-25(5-2)31(27,28)15-7-6-14(3)17(10-15)24-21(26)13-23-18-12-20-19(11-16(18)22)29-8-9-30-20/h6-7,10-12,23H,4-5,8-9,13H2,1-3H3,(H,24,26). The molecule has 1 amide bonds. The first-order valence-corrected chi connectivity index (χ1v) is 11.8. The average molecular weight is 468 g/mol. The van der Waals surface area contributed by atoms with Crippen LogP contribution in [0.5, 0.6) is 11.5 Å². The molecule has 1 aliphatic rings. The number of rotatable bonds is 8. The molecule has 31 heavy (non-hydrogen) atoms. The molecule has 0 aromatic heterocycles. The molecule has 0 saturated carbocycles. The van der Waals surface area contributed by atoms with Gasteiger partial charge in [0.15, 0.2) is 11.5 Å². The lowest BCUT2D eigenvalue weighted by Crippen LogP contribution is -2.30. The predicted octanol–water partition coefficient (Wildman–Crippen LogP) is 3.50. The molecule has 2 aromatic carbocycles. The Hall–Kier alpha value is -2.49. The highest BCUT2D eigenvalue weighted by Gasteiger charge is 2.22. The minimum absolute atomic E-state index is 0.0637. The van der Waals surface area contributed by atoms with E-state index >= 15 is 0 Å². The first kappa shape index (κ1) is 23.2. The Morgan fingerprint density at radius 2 is 1.71 bits per heavy atom. The molecule has 2 aromatic rings. The van der Waals surface area contributed by atoms with Crippen LogP contribution in [-0.4, -0.2) is 51.5 Å². The van der Waals surface area contributed by atoms with Crippen molar-refractivity contribution in [3.05, 3.63) is 40.9 Å². The number of benzene rings is 2. The van der Waals surface area contributed by atoms with Crippen molar-refractivity contribution >= 4 is 38.9 Å². The minimum Gasteiger partial charge on any atom is -0.486 e. The molecular formula is C21H26ClN3O5S. The van der Waals surface area contributed by atoms with Crippen LogP contribution in [0, 0.1) is 6.92 Å². The maximum Gasteiger partial charge on any atom is 0.243 e. The molecule has 0 fully saturated rings. The van der Waals surface area contributed by atoms with Gasteiger partial charge in [0.25, 0.3) is 0 Å². The van der Waals surface area contributed by atoms with E-state index in [9.17, 15) is 13.2 Å². The lowest BCUT2D eigenvalue weighted by molar-refractivity contribution is -0.114. The van der Waals surface area contributed by atoms with E-state index in [1.807, 2.05) is 0 Å². The number of hydrogen-bond acceptors (Lipinski definition) is 6. The highest BCUT2D eigenvalue weighted by atomic mass is 35.5. The number of aryl methyl sites for hydroxylation is 1. The molecule has 8 nitrogen and oxygen atoms in total. The summed E-state index contributed by atoms with van der Waals surface area (Å²) in [5.74, 6) is 0.781. The third-order valence-electron chi connectivity index (χ3n) is 4.90. The smallest absolute Gasteiger partial charge is 0.243 e. The van der Waals surface area contributed by atoms with Gasteiger partial charge < -0.3 is 20.1 Å². The van der Waals surface area contributed by atoms with Crippen LogP contribution < -0.4 is 20.1 Å². The van der Waals surface area contributed by atoms with Crippen LogP contribution in [0.15, 0.2) is 35.2 Å². The summed E-state index contributed by atoms with van der Waals surface area (Å²) in [6.07, 6.45) is 0. The number of fused-ring (bicyclic) bond motifs is 1. The lowest BCUT2D eigenvalue weighted by atomic mass is 10.2. The van der Waals surface area contributed by atoms with Gasteiger partial charge in [-0.3, -0.25) is 4.79 Å². The Labute approximate surface area is 187 Å². The topological polar surface area (TPSA) is 97.0 Å². The van der Waals surface area contributed by atoms with Crippen LogP contribution in [0.1, 0.15) is 19.4 Å². The van der Waals surface area contributed by atoms with E-state index in [0.717, 1.165) is 5.56 Å². The highest BCUT2D eigenvalue weighted by molar-refractivity contribution is 7.89. The molecule has 10 heteroatoms. The van der Waals surface area contributed by atoms with Gasteiger partial charge in [-0.15, -0.1) is 0 Å². The molecule has 0 radical (unpaired) electrons. The number of hydrogen-bond donors (Lipinski definition) is 2. The Kier molecular flexibility index (Phi) is 7.30. The van der Waals surface area contributed by atoms with Crippen molar-refractivity contribution < 1.29 is 22.7 Å². The molecule has 1 aliphatic heterocycles. The number of nitrogens with one attached hydrogen (secondary N) is 2. The van der Waals surface area contributed by atoms with Crippen molar-refractivity contribution in [1.82, 2.24) is 4.31 Å². The van der Waals surface area contributed by atoms with E-state index < -0.39 is 10.0 Å². The summed E-state index contributed by atoms with van der Waals surface area (Å²) in [7, 11) is -3.62. The molecule has 2 N–H and O–H groups in total. The maximum absolute atomic E-state index is 12.8. The highest BCUT2D eigenvalue weighted by Crippen LogP contribution is 2.37. The molecule has 0 unspecified atom stereocenters. The average Bonchev–Trinajstić information content (AvgIpc) is 2.74. The molecule has 0 atom stereocenters. The van der Waals surface area contributed by atoms with Crippen molar-refractivity contribution in [3.63, 3.8) is 0 Å². The molecule has 0 aliphatic carbocycles. The van der Waals surface area contributed by atoms with Crippen LogP contribution in [0.2, 0.25) is 5.02 Å². The van der Waals surface area contributed by atoms with Gasteiger partial charge in [0.1, 0.15) is 13.2 Å². The molecule has 0 saturated heterocycles. The van der Waals surface area contributed by atoms with Crippen molar-refractivity contribution in [2.24, 2.45) is 0 Å². The van der Waals surface area contributed by atoms with Crippen molar-refractivity contribution in [3.8, 4) is 11.5 Å². The largest absolute Gasteiger partial charge is 0.486 e. The normalized spacial score (nSPS) is 13.2. The summed E-state index contributed by atoms with van der Waals surface area (Å²) in [6.45, 7) is 6.95. The quantitative estimate of drug-likeness (QED) is 0.616. The second-order valence-electron chi connectivity index (χ2n) is 6.94. The number of halogens is 1. The van der Waals surface area contributed by atoms with Crippen LogP contribution >= 0.6 is 11.6 Å². The van der Waals surface area contributed by atoms with Crippen LogP contribution in [0.25, 0.3) is 0 Å². The van der Waals surface area contributed by atoms with E-state index in [1.54, 1.807) is 45.0 Å². The summed E-state index contributed by atoms with van der Waals surface area (Å²) in [6, 6.07) is 8.04. The predicted molar refractivity (Wildman–Crippen MR) is 121 cm³/mol. The minimum atomic E-state index is -3.62. The second kappa shape index (κ2) is 9.76. The summed E-state index contributed by atoms with van der Waals surface area (Å²) in [5.41, 5.74) is 1.73. The fourth-order valence-corrected chi connectivity index (χ4v) is 4.88. The van der Waals surface area contributed by atoms with Crippen LogP contribution in [-0.2, 0) is 14.8 Å². The maximum atomic E-state index is 12.8. The monoisotopic (exact) mass is 467 g/mol. The Bertz CT molecular complexity index is 1070.